The highest BCUT2D eigenvalue weighted by Crippen LogP contribution is 2.41. The summed E-state index contributed by atoms with van der Waals surface area (Å²) in [5.41, 5.74) is 0.686. The fraction of sp³-hybridized carbons (Fsp3) is 0.368. The molecule has 0 radical (unpaired) electrons. The largest absolute Gasteiger partial charge is 0.481 e. The van der Waals surface area contributed by atoms with Crippen molar-refractivity contribution in [2.24, 2.45) is 0 Å². The van der Waals surface area contributed by atoms with E-state index in [4.69, 9.17) is 16.3 Å². The number of rotatable bonds is 6. The predicted octanol–water partition coefficient (Wildman–Crippen LogP) is 3.15. The van der Waals surface area contributed by atoms with Crippen molar-refractivity contribution in [2.45, 2.75) is 41.9 Å². The van der Waals surface area contributed by atoms with Gasteiger partial charge < -0.3 is 10.1 Å². The molecular weight excluding hydrogens is 388 g/mol. The molecule has 2 aromatic rings. The fourth-order valence-corrected chi connectivity index (χ4v) is 5.70. The lowest BCUT2D eigenvalue weighted by Crippen LogP contribution is -2.50. The second-order valence-electron chi connectivity index (χ2n) is 6.51. The minimum Gasteiger partial charge on any atom is -0.481 e. The summed E-state index contributed by atoms with van der Waals surface area (Å²) in [4.78, 5) is 17.3. The van der Waals surface area contributed by atoms with Crippen LogP contribution in [0.1, 0.15) is 31.2 Å². The molecule has 0 spiro atoms. The molecule has 1 aliphatic carbocycles. The molecule has 1 aromatic heterocycles. The number of sulfone groups is 1. The van der Waals surface area contributed by atoms with Gasteiger partial charge in [-0.25, -0.2) is 13.4 Å². The Labute approximate surface area is 163 Å². The number of hydrogen-bond donors (Lipinski definition) is 1. The summed E-state index contributed by atoms with van der Waals surface area (Å²) in [5, 5.41) is 3.23. The Balaban J connectivity index is 1.88. The summed E-state index contributed by atoms with van der Waals surface area (Å²) in [6.07, 6.45) is 3.57. The maximum absolute atomic E-state index is 13.3. The number of nitrogens with zero attached hydrogens (tertiary/aromatic N) is 1. The van der Waals surface area contributed by atoms with Gasteiger partial charge in [0.05, 0.1) is 12.0 Å². The van der Waals surface area contributed by atoms with E-state index in [0.29, 0.717) is 42.1 Å². The second-order valence-corrected chi connectivity index (χ2v) is 9.21. The van der Waals surface area contributed by atoms with Gasteiger partial charge in [-0.1, -0.05) is 30.5 Å². The van der Waals surface area contributed by atoms with Crippen molar-refractivity contribution in [3.8, 4) is 5.88 Å². The van der Waals surface area contributed by atoms with E-state index in [9.17, 15) is 13.2 Å². The van der Waals surface area contributed by atoms with E-state index in [-0.39, 0.29) is 11.4 Å². The van der Waals surface area contributed by atoms with E-state index < -0.39 is 20.5 Å². The lowest BCUT2D eigenvalue weighted by Gasteiger charge is -2.27. The van der Waals surface area contributed by atoms with Crippen LogP contribution in [-0.2, 0) is 21.2 Å². The molecule has 0 aliphatic heterocycles. The van der Waals surface area contributed by atoms with Crippen LogP contribution in [0.4, 0.5) is 0 Å². The molecule has 0 bridgehead atoms. The summed E-state index contributed by atoms with van der Waals surface area (Å²) in [7, 11) is -2.36. The zero-order chi connectivity index (χ0) is 19.5. The quantitative estimate of drug-likeness (QED) is 0.793. The highest BCUT2D eigenvalue weighted by molar-refractivity contribution is 7.93. The molecule has 1 fully saturated rings. The zero-order valence-electron chi connectivity index (χ0n) is 14.9. The van der Waals surface area contributed by atoms with Crippen molar-refractivity contribution in [3.63, 3.8) is 0 Å². The maximum atomic E-state index is 13.3. The number of amides is 1. The first-order valence-corrected chi connectivity index (χ1v) is 10.5. The Morgan fingerprint density at radius 1 is 1.22 bits per heavy atom. The van der Waals surface area contributed by atoms with Gasteiger partial charge in [0.1, 0.15) is 0 Å². The lowest BCUT2D eigenvalue weighted by atomic mass is 10.1. The first-order valence-electron chi connectivity index (χ1n) is 8.67. The number of benzene rings is 1. The topological polar surface area (TPSA) is 85.4 Å². The van der Waals surface area contributed by atoms with Gasteiger partial charge in [-0.15, -0.1) is 0 Å². The van der Waals surface area contributed by atoms with Gasteiger partial charge in [0.25, 0.3) is 0 Å². The van der Waals surface area contributed by atoms with E-state index in [0.717, 1.165) is 0 Å². The SMILES string of the molecule is COc1ncccc1CNC(=O)C1(S(=O)(=O)c2ccc(Cl)cc2)CCCC1. The van der Waals surface area contributed by atoms with Crippen LogP contribution < -0.4 is 10.1 Å². The average Bonchev–Trinajstić information content (AvgIpc) is 3.18. The molecule has 0 saturated heterocycles. The van der Waals surface area contributed by atoms with Crippen molar-refractivity contribution in [3.05, 3.63) is 53.2 Å². The first-order chi connectivity index (χ1) is 12.9. The molecule has 8 heteroatoms. The standard InChI is InChI=1S/C19H21ClN2O4S/c1-26-17-14(5-4-12-21-17)13-22-18(23)19(10-2-3-11-19)27(24,25)16-8-6-15(20)7-9-16/h4-9,12H,2-3,10-11,13H2,1H3,(H,22,23). The van der Waals surface area contributed by atoms with Gasteiger partial charge in [0.15, 0.2) is 14.6 Å². The van der Waals surface area contributed by atoms with E-state index in [1.165, 1.54) is 31.4 Å². The van der Waals surface area contributed by atoms with Crippen LogP contribution in [-0.4, -0.2) is 31.2 Å². The third-order valence-electron chi connectivity index (χ3n) is 4.95. The van der Waals surface area contributed by atoms with Gasteiger partial charge in [-0.2, -0.15) is 0 Å². The van der Waals surface area contributed by atoms with E-state index >= 15 is 0 Å². The van der Waals surface area contributed by atoms with Gasteiger partial charge in [0, 0.05) is 23.3 Å². The van der Waals surface area contributed by atoms with E-state index in [2.05, 4.69) is 10.3 Å². The third kappa shape index (κ3) is 3.66. The number of methoxy groups -OCH3 is 1. The van der Waals surface area contributed by atoms with Crippen LogP contribution >= 0.6 is 11.6 Å². The number of nitrogens with one attached hydrogen (secondary N) is 1. The van der Waals surface area contributed by atoms with Crippen LogP contribution in [0.2, 0.25) is 5.02 Å². The molecule has 1 aliphatic rings. The highest BCUT2D eigenvalue weighted by atomic mass is 35.5. The summed E-state index contributed by atoms with van der Waals surface area (Å²) in [5.74, 6) is -0.0836. The van der Waals surface area contributed by atoms with Crippen LogP contribution in [0.3, 0.4) is 0 Å². The molecule has 27 heavy (non-hydrogen) atoms. The number of aromatic nitrogens is 1. The minimum atomic E-state index is -3.85. The number of ether oxygens (including phenoxy) is 1. The number of halogens is 1. The van der Waals surface area contributed by atoms with Crippen molar-refractivity contribution in [1.82, 2.24) is 10.3 Å². The summed E-state index contributed by atoms with van der Waals surface area (Å²) < 4.78 is 30.3. The second kappa shape index (κ2) is 7.86. The Kier molecular flexibility index (Phi) is 5.72. The molecule has 1 saturated carbocycles. The highest BCUT2D eigenvalue weighted by Gasteiger charge is 2.52. The third-order valence-corrected chi connectivity index (χ3v) is 7.71. The normalized spacial score (nSPS) is 16.1. The van der Waals surface area contributed by atoms with E-state index in [1.807, 2.05) is 0 Å². The Bertz CT molecular complexity index is 923. The summed E-state index contributed by atoms with van der Waals surface area (Å²) in [6.45, 7) is 0.147. The molecule has 1 N–H and O–H groups in total. The van der Waals surface area contributed by atoms with Crippen molar-refractivity contribution < 1.29 is 17.9 Å². The smallest absolute Gasteiger partial charge is 0.242 e. The number of hydrogen-bond acceptors (Lipinski definition) is 5. The maximum Gasteiger partial charge on any atom is 0.242 e. The van der Waals surface area contributed by atoms with Crippen LogP contribution in [0.25, 0.3) is 0 Å². The molecule has 144 valence electrons. The molecule has 0 atom stereocenters. The molecule has 3 rings (SSSR count). The molecule has 1 amide bonds. The predicted molar refractivity (Wildman–Crippen MR) is 102 cm³/mol. The molecule has 0 unspecified atom stereocenters. The van der Waals surface area contributed by atoms with Gasteiger partial charge in [-0.05, 0) is 43.2 Å². The lowest BCUT2D eigenvalue weighted by molar-refractivity contribution is -0.123. The van der Waals surface area contributed by atoms with Crippen molar-refractivity contribution >= 4 is 27.3 Å². The minimum absolute atomic E-state index is 0.114. The zero-order valence-corrected chi connectivity index (χ0v) is 16.5. The summed E-state index contributed by atoms with van der Waals surface area (Å²) >= 11 is 5.87. The van der Waals surface area contributed by atoms with Crippen molar-refractivity contribution in [1.29, 1.82) is 0 Å². The van der Waals surface area contributed by atoms with E-state index in [1.54, 1.807) is 18.3 Å². The van der Waals surface area contributed by atoms with Crippen LogP contribution in [0.15, 0.2) is 47.5 Å². The number of carbonyl (C=O) groups is 1. The monoisotopic (exact) mass is 408 g/mol. The van der Waals surface area contributed by atoms with Gasteiger partial charge >= 0.3 is 0 Å². The van der Waals surface area contributed by atoms with Gasteiger partial charge in [0.2, 0.25) is 11.8 Å². The average molecular weight is 409 g/mol. The van der Waals surface area contributed by atoms with Crippen molar-refractivity contribution in [2.75, 3.05) is 7.11 Å². The fourth-order valence-electron chi connectivity index (χ4n) is 3.48. The van der Waals surface area contributed by atoms with Crippen LogP contribution in [0, 0.1) is 0 Å². The first kappa shape index (κ1) is 19.6. The molecular formula is C19H21ClN2O4S. The Hall–Kier alpha value is -2.12. The Morgan fingerprint density at radius 3 is 2.52 bits per heavy atom. The molecule has 6 nitrogen and oxygen atoms in total. The van der Waals surface area contributed by atoms with Crippen LogP contribution in [0.5, 0.6) is 5.88 Å². The molecule has 1 aromatic carbocycles. The Morgan fingerprint density at radius 2 is 1.89 bits per heavy atom. The molecule has 1 heterocycles. The number of carbonyl (C=O) groups excluding carboxylic acids is 1. The number of pyridine rings is 1. The summed E-state index contributed by atoms with van der Waals surface area (Å²) in [6, 6.07) is 9.47. The van der Waals surface area contributed by atoms with Gasteiger partial charge in [-0.3, -0.25) is 4.79 Å².